The molecule has 0 aromatic rings. The number of amides is 1. The molecule has 0 radical (unpaired) electrons. The summed E-state index contributed by atoms with van der Waals surface area (Å²) in [5.41, 5.74) is 5.54. The summed E-state index contributed by atoms with van der Waals surface area (Å²) in [6.45, 7) is 0. The maximum absolute atomic E-state index is 11.0. The lowest BCUT2D eigenvalue weighted by Crippen LogP contribution is -2.65. The summed E-state index contributed by atoms with van der Waals surface area (Å²) in [6, 6.07) is -0.319. The number of carbonyl (C=O) groups is 1. The highest BCUT2D eigenvalue weighted by Crippen LogP contribution is 2.35. The van der Waals surface area contributed by atoms with Gasteiger partial charge >= 0.3 is 0 Å². The van der Waals surface area contributed by atoms with E-state index >= 15 is 0 Å². The third kappa shape index (κ3) is 0.972. The summed E-state index contributed by atoms with van der Waals surface area (Å²) in [5.74, 6) is 0.740. The molecular formula is C6H7ClN2OS. The number of halogens is 1. The Morgan fingerprint density at radius 2 is 2.55 bits per heavy atom. The monoisotopic (exact) mass is 190 g/mol. The zero-order chi connectivity index (χ0) is 8.01. The molecule has 0 saturated carbocycles. The lowest BCUT2D eigenvalue weighted by molar-refractivity contribution is -0.140. The van der Waals surface area contributed by atoms with Gasteiger partial charge in [0, 0.05) is 17.0 Å². The van der Waals surface area contributed by atoms with Crippen molar-refractivity contribution in [2.45, 2.75) is 11.4 Å². The highest BCUT2D eigenvalue weighted by molar-refractivity contribution is 8.00. The van der Waals surface area contributed by atoms with Gasteiger partial charge in [0.25, 0.3) is 0 Å². The number of fused-ring (bicyclic) bond motifs is 1. The zero-order valence-corrected chi connectivity index (χ0v) is 7.23. The van der Waals surface area contributed by atoms with Gasteiger partial charge in [-0.1, -0.05) is 11.6 Å². The topological polar surface area (TPSA) is 46.3 Å². The van der Waals surface area contributed by atoms with E-state index in [-0.39, 0.29) is 17.3 Å². The van der Waals surface area contributed by atoms with Crippen molar-refractivity contribution in [3.05, 3.63) is 11.2 Å². The van der Waals surface area contributed by atoms with Gasteiger partial charge in [0.1, 0.15) is 11.4 Å². The Bertz CT molecular complexity index is 243. The Labute approximate surface area is 73.6 Å². The summed E-state index contributed by atoms with van der Waals surface area (Å²) in [4.78, 5) is 12.6. The van der Waals surface area contributed by atoms with Crippen LogP contribution in [0.5, 0.6) is 0 Å². The maximum Gasteiger partial charge on any atom is 0.247 e. The summed E-state index contributed by atoms with van der Waals surface area (Å²) < 4.78 is 0. The molecule has 1 fully saturated rings. The summed E-state index contributed by atoms with van der Waals surface area (Å²) in [5, 5.41) is 0.844. The molecule has 11 heavy (non-hydrogen) atoms. The molecule has 0 aromatic heterocycles. The number of nitrogens with zero attached hydrogens (tertiary/aromatic N) is 1. The third-order valence-corrected chi connectivity index (χ3v) is 3.52. The zero-order valence-electron chi connectivity index (χ0n) is 5.66. The van der Waals surface area contributed by atoms with Crippen LogP contribution < -0.4 is 5.73 Å². The minimum atomic E-state index is -0.319. The molecule has 1 amide bonds. The third-order valence-electron chi connectivity index (χ3n) is 1.79. The highest BCUT2D eigenvalue weighted by atomic mass is 35.5. The second-order valence-corrected chi connectivity index (χ2v) is 4.14. The van der Waals surface area contributed by atoms with Crippen LogP contribution in [0.15, 0.2) is 11.2 Å². The Balaban J connectivity index is 2.20. The first-order valence-electron chi connectivity index (χ1n) is 3.26. The van der Waals surface area contributed by atoms with Gasteiger partial charge in [-0.2, -0.15) is 0 Å². The average molecular weight is 191 g/mol. The van der Waals surface area contributed by atoms with Crippen molar-refractivity contribution in [3.63, 3.8) is 0 Å². The maximum atomic E-state index is 11.0. The van der Waals surface area contributed by atoms with E-state index in [4.69, 9.17) is 17.3 Å². The van der Waals surface area contributed by atoms with E-state index in [0.29, 0.717) is 5.03 Å². The van der Waals surface area contributed by atoms with Crippen molar-refractivity contribution < 1.29 is 4.79 Å². The largest absolute Gasteiger partial charge is 0.317 e. The van der Waals surface area contributed by atoms with Crippen LogP contribution in [0.2, 0.25) is 0 Å². The summed E-state index contributed by atoms with van der Waals surface area (Å²) in [7, 11) is 0. The van der Waals surface area contributed by atoms with Gasteiger partial charge in [-0.25, -0.2) is 0 Å². The van der Waals surface area contributed by atoms with Crippen molar-refractivity contribution in [2.75, 3.05) is 5.75 Å². The fourth-order valence-electron chi connectivity index (χ4n) is 1.18. The normalized spacial score (nSPS) is 36.0. The minimum absolute atomic E-state index is 0.0275. The lowest BCUT2D eigenvalue weighted by Gasteiger charge is -2.44. The predicted molar refractivity (Wildman–Crippen MR) is 45.0 cm³/mol. The van der Waals surface area contributed by atoms with Crippen LogP contribution in [0.3, 0.4) is 0 Å². The average Bonchev–Trinajstić information content (AvgIpc) is 2.03. The Morgan fingerprint density at radius 1 is 1.82 bits per heavy atom. The number of thioether (sulfide) groups is 1. The van der Waals surface area contributed by atoms with Crippen LogP contribution in [0, 0.1) is 0 Å². The first-order valence-corrected chi connectivity index (χ1v) is 4.68. The SMILES string of the molecule is NC1C(=O)N2C=C(Cl)CS[C@@H]12. The highest BCUT2D eigenvalue weighted by Gasteiger charge is 2.45. The standard InChI is InChI=1S/C6H7ClN2OS/c7-3-1-9-5(10)4(8)6(9)11-2-3/h1,4,6H,2,8H2/t4?,6-/m0/s1. The molecule has 3 nitrogen and oxygen atoms in total. The first-order chi connectivity index (χ1) is 5.20. The number of β-lactam (4-membered cyclic amide) rings is 1. The molecule has 2 heterocycles. The summed E-state index contributed by atoms with van der Waals surface area (Å²) >= 11 is 7.34. The Hall–Kier alpha value is -0.190. The molecule has 0 bridgehead atoms. The van der Waals surface area contributed by atoms with Crippen molar-refractivity contribution in [3.8, 4) is 0 Å². The molecule has 2 N–H and O–H groups in total. The number of rotatable bonds is 0. The smallest absolute Gasteiger partial charge is 0.247 e. The van der Waals surface area contributed by atoms with E-state index in [1.165, 1.54) is 0 Å². The van der Waals surface area contributed by atoms with Gasteiger partial charge in [-0.15, -0.1) is 11.8 Å². The van der Waals surface area contributed by atoms with Crippen molar-refractivity contribution in [1.29, 1.82) is 0 Å². The second-order valence-electron chi connectivity index (χ2n) is 2.55. The van der Waals surface area contributed by atoms with Gasteiger partial charge in [0.05, 0.1) is 0 Å². The van der Waals surface area contributed by atoms with E-state index in [2.05, 4.69) is 0 Å². The van der Waals surface area contributed by atoms with Crippen molar-refractivity contribution >= 4 is 29.3 Å². The Kier molecular flexibility index (Phi) is 1.63. The predicted octanol–water partition coefficient (Wildman–Crippen LogP) is 0.309. The van der Waals surface area contributed by atoms with Crippen LogP contribution in [-0.2, 0) is 4.79 Å². The van der Waals surface area contributed by atoms with Crippen LogP contribution in [0.4, 0.5) is 0 Å². The van der Waals surface area contributed by atoms with Crippen molar-refractivity contribution in [2.24, 2.45) is 5.73 Å². The van der Waals surface area contributed by atoms with E-state index in [0.717, 1.165) is 5.75 Å². The van der Waals surface area contributed by atoms with Gasteiger partial charge in [-0.3, -0.25) is 4.79 Å². The lowest BCUT2D eigenvalue weighted by atomic mass is 10.1. The quantitative estimate of drug-likeness (QED) is 0.560. The molecule has 1 unspecified atom stereocenters. The molecular weight excluding hydrogens is 184 g/mol. The first kappa shape index (κ1) is 7.46. The van der Waals surface area contributed by atoms with Crippen molar-refractivity contribution in [1.82, 2.24) is 4.90 Å². The second kappa shape index (κ2) is 2.40. The molecule has 0 aliphatic carbocycles. The molecule has 2 rings (SSSR count). The van der Waals surface area contributed by atoms with Crippen LogP contribution in [-0.4, -0.2) is 28.0 Å². The number of hydrogen-bond donors (Lipinski definition) is 1. The molecule has 0 spiro atoms. The molecule has 5 heteroatoms. The van der Waals surface area contributed by atoms with E-state index in [9.17, 15) is 4.79 Å². The molecule has 2 aliphatic heterocycles. The van der Waals surface area contributed by atoms with E-state index in [1.807, 2.05) is 0 Å². The Morgan fingerprint density at radius 3 is 3.27 bits per heavy atom. The van der Waals surface area contributed by atoms with Crippen LogP contribution in [0.25, 0.3) is 0 Å². The minimum Gasteiger partial charge on any atom is -0.317 e. The van der Waals surface area contributed by atoms with Crippen LogP contribution >= 0.6 is 23.4 Å². The molecule has 2 atom stereocenters. The van der Waals surface area contributed by atoms with Crippen LogP contribution in [0.1, 0.15) is 0 Å². The number of nitrogens with two attached hydrogens (primary N) is 1. The van der Waals surface area contributed by atoms with Gasteiger partial charge in [0.15, 0.2) is 0 Å². The summed E-state index contributed by atoms with van der Waals surface area (Å²) in [6.07, 6.45) is 1.68. The molecule has 2 aliphatic rings. The molecule has 0 aromatic carbocycles. The van der Waals surface area contributed by atoms with Gasteiger partial charge in [-0.05, 0) is 0 Å². The van der Waals surface area contributed by atoms with Gasteiger partial charge in [0.2, 0.25) is 5.91 Å². The molecule has 60 valence electrons. The van der Waals surface area contributed by atoms with Gasteiger partial charge < -0.3 is 10.6 Å². The number of carbonyl (C=O) groups excluding carboxylic acids is 1. The number of hydrogen-bond acceptors (Lipinski definition) is 3. The van der Waals surface area contributed by atoms with E-state index in [1.54, 1.807) is 22.9 Å². The van der Waals surface area contributed by atoms with E-state index < -0.39 is 0 Å². The fourth-order valence-corrected chi connectivity index (χ4v) is 2.53. The molecule has 1 saturated heterocycles. The fraction of sp³-hybridized carbons (Fsp3) is 0.500.